The molecule has 0 spiro atoms. The average Bonchev–Trinajstić information content (AvgIpc) is 3.25. The average molecular weight is 596 g/mol. The Morgan fingerprint density at radius 2 is 1.33 bits per heavy atom. The number of rotatable bonds is 5. The van der Waals surface area contributed by atoms with Gasteiger partial charge >= 0.3 is 24.2 Å². The van der Waals surface area contributed by atoms with Crippen LogP contribution in [0.4, 0.5) is 14.4 Å². The van der Waals surface area contributed by atoms with Gasteiger partial charge in [-0.3, -0.25) is 4.79 Å². The molecule has 1 aromatic heterocycles. The third kappa shape index (κ3) is 14.1. The molecule has 236 valence electrons. The molecule has 0 aromatic carbocycles. The van der Waals surface area contributed by atoms with Gasteiger partial charge in [-0.2, -0.15) is 10.00 Å². The first-order valence-electron chi connectivity index (χ1n) is 13.5. The summed E-state index contributed by atoms with van der Waals surface area (Å²) in [6.07, 6.45) is -1.23. The fourth-order valence-electron chi connectivity index (χ4n) is 3.01. The van der Waals surface area contributed by atoms with Gasteiger partial charge in [-0.1, -0.05) is 0 Å². The van der Waals surface area contributed by atoms with Gasteiger partial charge in [0.25, 0.3) is 0 Å². The highest BCUT2D eigenvalue weighted by Gasteiger charge is 2.36. The standard InChI is InChI=1S/C28H45N5O9/c1-25(2,3)39-20(35)18(30-22(36)40-26(4,5)6)14-15-19(34)33(24(38)42-28(10,11)12)21(32-17-13-16-29-32)31-23(37)41-27(7,8)9/h13,16-18H,14-15H2,1-12H3,(H,30,36)/t18-/m0/s1. The van der Waals surface area contributed by atoms with Gasteiger partial charge in [-0.25, -0.2) is 23.9 Å². The molecule has 0 fully saturated rings. The van der Waals surface area contributed by atoms with Gasteiger partial charge in [0, 0.05) is 18.8 Å². The van der Waals surface area contributed by atoms with Gasteiger partial charge in [0.15, 0.2) is 0 Å². The summed E-state index contributed by atoms with van der Waals surface area (Å²) in [4.78, 5) is 69.5. The van der Waals surface area contributed by atoms with Crippen molar-refractivity contribution in [2.24, 2.45) is 4.99 Å². The fourth-order valence-corrected chi connectivity index (χ4v) is 3.01. The van der Waals surface area contributed by atoms with Crippen LogP contribution in [0.1, 0.15) is 95.9 Å². The maximum Gasteiger partial charge on any atom is 0.437 e. The van der Waals surface area contributed by atoms with Gasteiger partial charge in [0.1, 0.15) is 28.4 Å². The first-order valence-corrected chi connectivity index (χ1v) is 13.5. The number of hydrogen-bond donors (Lipinski definition) is 1. The highest BCUT2D eigenvalue weighted by molar-refractivity contribution is 6.12. The van der Waals surface area contributed by atoms with E-state index in [9.17, 15) is 24.0 Å². The summed E-state index contributed by atoms with van der Waals surface area (Å²) in [7, 11) is 0. The van der Waals surface area contributed by atoms with Crippen LogP contribution >= 0.6 is 0 Å². The molecule has 0 bridgehead atoms. The molecule has 1 aromatic rings. The molecule has 4 amide bonds. The van der Waals surface area contributed by atoms with Crippen LogP contribution in [0.15, 0.2) is 23.5 Å². The van der Waals surface area contributed by atoms with E-state index in [1.54, 1.807) is 83.1 Å². The van der Waals surface area contributed by atoms with Gasteiger partial charge in [-0.15, -0.1) is 4.99 Å². The monoisotopic (exact) mass is 595 g/mol. The normalized spacial score (nSPS) is 13.5. The number of esters is 1. The van der Waals surface area contributed by atoms with Crippen LogP contribution in [0, 0.1) is 0 Å². The minimum Gasteiger partial charge on any atom is -0.458 e. The lowest BCUT2D eigenvalue weighted by atomic mass is 10.1. The second kappa shape index (κ2) is 13.8. The van der Waals surface area contributed by atoms with E-state index < -0.39 is 71.0 Å². The number of aromatic nitrogens is 2. The smallest absolute Gasteiger partial charge is 0.437 e. The van der Waals surface area contributed by atoms with Crippen LogP contribution < -0.4 is 5.32 Å². The van der Waals surface area contributed by atoms with Crippen molar-refractivity contribution in [3.8, 4) is 0 Å². The first-order chi connectivity index (χ1) is 18.9. The lowest BCUT2D eigenvalue weighted by Gasteiger charge is -2.28. The minimum absolute atomic E-state index is 0.300. The van der Waals surface area contributed by atoms with Gasteiger partial charge in [0.2, 0.25) is 11.9 Å². The molecule has 1 rings (SSSR count). The maximum atomic E-state index is 13.7. The van der Waals surface area contributed by atoms with Crippen molar-refractivity contribution in [3.05, 3.63) is 18.5 Å². The SMILES string of the molecule is CC(C)(C)OC(=O)N=C(N(C(=O)CC[C@H](NC(=O)OC(C)(C)C)C(=O)OC(C)(C)C)C(=O)OC(C)(C)C)n1cccn1. The van der Waals surface area contributed by atoms with Gasteiger partial charge < -0.3 is 24.3 Å². The summed E-state index contributed by atoms with van der Waals surface area (Å²) < 4.78 is 22.4. The molecule has 0 saturated carbocycles. The number of amides is 4. The highest BCUT2D eigenvalue weighted by atomic mass is 16.6. The van der Waals surface area contributed by atoms with E-state index in [4.69, 9.17) is 18.9 Å². The molecule has 0 aliphatic rings. The highest BCUT2D eigenvalue weighted by Crippen LogP contribution is 2.17. The summed E-state index contributed by atoms with van der Waals surface area (Å²) >= 11 is 0. The lowest BCUT2D eigenvalue weighted by Crippen LogP contribution is -2.49. The zero-order valence-electron chi connectivity index (χ0n) is 26.7. The molecular weight excluding hydrogens is 550 g/mol. The van der Waals surface area contributed by atoms with Crippen molar-refractivity contribution < 1.29 is 42.9 Å². The molecular formula is C28H45N5O9. The summed E-state index contributed by atoms with van der Waals surface area (Å²) in [5, 5.41) is 6.44. The van der Waals surface area contributed by atoms with Crippen LogP contribution in [-0.4, -0.2) is 79.2 Å². The van der Waals surface area contributed by atoms with Crippen molar-refractivity contribution in [1.29, 1.82) is 0 Å². The number of alkyl carbamates (subject to hydrolysis) is 1. The first kappa shape index (κ1) is 36.1. The summed E-state index contributed by atoms with van der Waals surface area (Å²) in [5.41, 5.74) is -3.72. The second-order valence-electron chi connectivity index (χ2n) is 13.3. The summed E-state index contributed by atoms with van der Waals surface area (Å²) in [6.45, 7) is 19.5. The Labute approximate surface area is 247 Å². The van der Waals surface area contributed by atoms with E-state index in [-0.39, 0.29) is 6.42 Å². The molecule has 14 heteroatoms. The van der Waals surface area contributed by atoms with Crippen LogP contribution in [0.3, 0.4) is 0 Å². The van der Waals surface area contributed by atoms with Crippen LogP contribution in [0.25, 0.3) is 0 Å². The number of carbonyl (C=O) groups excluding carboxylic acids is 5. The number of ether oxygens (including phenoxy) is 4. The third-order valence-electron chi connectivity index (χ3n) is 4.35. The predicted molar refractivity (Wildman–Crippen MR) is 153 cm³/mol. The molecule has 0 radical (unpaired) electrons. The Bertz CT molecular complexity index is 1150. The van der Waals surface area contributed by atoms with Crippen molar-refractivity contribution in [2.45, 2.75) is 124 Å². The van der Waals surface area contributed by atoms with Crippen LogP contribution in [-0.2, 0) is 28.5 Å². The number of nitrogens with zero attached hydrogens (tertiary/aromatic N) is 4. The van der Waals surface area contributed by atoms with Crippen molar-refractivity contribution in [2.75, 3.05) is 0 Å². The van der Waals surface area contributed by atoms with Crippen LogP contribution in [0.2, 0.25) is 0 Å². The molecule has 1 N–H and O–H groups in total. The zero-order chi connectivity index (χ0) is 32.7. The Hall–Kier alpha value is -3.97. The second-order valence-corrected chi connectivity index (χ2v) is 13.3. The maximum absolute atomic E-state index is 13.7. The molecule has 0 aliphatic heterocycles. The predicted octanol–water partition coefficient (Wildman–Crippen LogP) is 4.80. The summed E-state index contributed by atoms with van der Waals surface area (Å²) in [6, 6.07) is 0.172. The molecule has 14 nitrogen and oxygen atoms in total. The Morgan fingerprint density at radius 1 is 0.810 bits per heavy atom. The number of aliphatic imine (C=N–C) groups is 1. The summed E-state index contributed by atoms with van der Waals surface area (Å²) in [5.74, 6) is -2.25. The van der Waals surface area contributed by atoms with E-state index in [1.807, 2.05) is 0 Å². The molecule has 42 heavy (non-hydrogen) atoms. The molecule has 1 heterocycles. The van der Waals surface area contributed by atoms with Crippen molar-refractivity contribution >= 4 is 36.1 Å². The van der Waals surface area contributed by atoms with E-state index in [0.717, 1.165) is 4.68 Å². The van der Waals surface area contributed by atoms with Crippen molar-refractivity contribution in [3.63, 3.8) is 0 Å². The quantitative estimate of drug-likeness (QED) is 0.216. The van der Waals surface area contributed by atoms with E-state index in [2.05, 4.69) is 15.4 Å². The lowest BCUT2D eigenvalue weighted by molar-refractivity contribution is -0.157. The molecule has 0 unspecified atom stereocenters. The van der Waals surface area contributed by atoms with E-state index in [0.29, 0.717) is 4.90 Å². The number of nitrogens with one attached hydrogen (secondary N) is 1. The van der Waals surface area contributed by atoms with Gasteiger partial charge in [0.05, 0.1) is 0 Å². The minimum atomic E-state index is -1.32. The Kier molecular flexibility index (Phi) is 11.8. The number of carbonyl (C=O) groups is 5. The zero-order valence-corrected chi connectivity index (χ0v) is 26.7. The van der Waals surface area contributed by atoms with Crippen LogP contribution in [0.5, 0.6) is 0 Å². The third-order valence-corrected chi connectivity index (χ3v) is 4.35. The number of hydrogen-bond acceptors (Lipinski definition) is 10. The van der Waals surface area contributed by atoms with E-state index >= 15 is 0 Å². The Morgan fingerprint density at radius 3 is 1.79 bits per heavy atom. The molecule has 0 saturated heterocycles. The molecule has 0 aliphatic carbocycles. The number of imide groups is 1. The fraction of sp³-hybridized carbons (Fsp3) is 0.679. The van der Waals surface area contributed by atoms with E-state index in [1.165, 1.54) is 18.5 Å². The topological polar surface area (TPSA) is 168 Å². The molecule has 1 atom stereocenters. The van der Waals surface area contributed by atoms with Gasteiger partial charge in [-0.05, 0) is 95.6 Å². The van der Waals surface area contributed by atoms with Crippen molar-refractivity contribution in [1.82, 2.24) is 20.0 Å². The Balaban J connectivity index is 3.47. The largest absolute Gasteiger partial charge is 0.458 e.